The minimum atomic E-state index is -0.742. The summed E-state index contributed by atoms with van der Waals surface area (Å²) in [6.45, 7) is 0. The molecule has 0 radical (unpaired) electrons. The lowest BCUT2D eigenvalue weighted by molar-refractivity contribution is -0.384. The third-order valence-corrected chi connectivity index (χ3v) is 3.48. The highest BCUT2D eigenvalue weighted by molar-refractivity contribution is 6.33. The van der Waals surface area contributed by atoms with Crippen molar-refractivity contribution in [3.05, 3.63) is 81.5 Å². The van der Waals surface area contributed by atoms with Crippen LogP contribution in [0.4, 0.5) is 5.69 Å². The largest absolute Gasteiger partial charge is 0.402 e. The van der Waals surface area contributed by atoms with Crippen LogP contribution < -0.4 is 4.74 Å². The molecular weight excluding hydrogens is 334 g/mol. The number of rotatable bonds is 4. The molecule has 0 aliphatic carbocycles. The molecule has 0 N–H and O–H groups in total. The van der Waals surface area contributed by atoms with Crippen LogP contribution in [0.3, 0.4) is 0 Å². The minimum Gasteiger partial charge on any atom is -0.402 e. The van der Waals surface area contributed by atoms with Crippen molar-refractivity contribution in [3.8, 4) is 11.6 Å². The monoisotopic (exact) mass is 343 g/mol. The molecule has 0 fully saturated rings. The van der Waals surface area contributed by atoms with Crippen molar-refractivity contribution in [2.75, 3.05) is 0 Å². The van der Waals surface area contributed by atoms with E-state index in [0.717, 1.165) is 11.8 Å². The number of ether oxygens (including phenoxy) is 1. The number of non-ortho nitro benzene ring substituents is 1. The number of carbonyl (C=O) groups is 1. The maximum atomic E-state index is 12.1. The number of hydrogen-bond donors (Lipinski definition) is 0. The Labute approximate surface area is 141 Å². The molecule has 0 amide bonds. The van der Waals surface area contributed by atoms with E-state index >= 15 is 0 Å². The summed E-state index contributed by atoms with van der Waals surface area (Å²) in [4.78, 5) is 22.2. The second kappa shape index (κ2) is 6.51. The molecule has 7 nitrogen and oxygen atoms in total. The lowest BCUT2D eigenvalue weighted by Gasteiger charge is -2.03. The van der Waals surface area contributed by atoms with Crippen LogP contribution in [0.5, 0.6) is 5.88 Å². The summed E-state index contributed by atoms with van der Waals surface area (Å²) in [6.07, 6.45) is 1.65. The van der Waals surface area contributed by atoms with E-state index in [1.165, 1.54) is 18.2 Å². The Morgan fingerprint density at radius 3 is 2.58 bits per heavy atom. The smallest absolute Gasteiger partial charge is 0.346 e. The highest BCUT2D eigenvalue weighted by Gasteiger charge is 2.17. The van der Waals surface area contributed by atoms with Gasteiger partial charge in [0.15, 0.2) is 0 Å². The fraction of sp³-hybridized carbons (Fsp3) is 0. The molecule has 8 heteroatoms. The van der Waals surface area contributed by atoms with Gasteiger partial charge >= 0.3 is 5.97 Å². The van der Waals surface area contributed by atoms with Gasteiger partial charge in [0.2, 0.25) is 5.88 Å². The molecule has 0 saturated heterocycles. The van der Waals surface area contributed by atoms with Crippen LogP contribution >= 0.6 is 11.6 Å². The van der Waals surface area contributed by atoms with Gasteiger partial charge in [0, 0.05) is 24.4 Å². The number of nitro groups is 1. The molecule has 24 heavy (non-hydrogen) atoms. The maximum absolute atomic E-state index is 12.1. The van der Waals surface area contributed by atoms with Crippen LogP contribution in [0.1, 0.15) is 10.4 Å². The zero-order valence-corrected chi connectivity index (χ0v) is 12.9. The number of halogens is 1. The maximum Gasteiger partial charge on any atom is 0.346 e. The molecule has 3 rings (SSSR count). The van der Waals surface area contributed by atoms with Gasteiger partial charge in [-0.25, -0.2) is 9.48 Å². The van der Waals surface area contributed by atoms with E-state index in [1.807, 2.05) is 30.3 Å². The Morgan fingerprint density at radius 2 is 1.92 bits per heavy atom. The molecule has 0 bridgehead atoms. The first-order valence-electron chi connectivity index (χ1n) is 6.82. The van der Waals surface area contributed by atoms with Gasteiger partial charge in [-0.1, -0.05) is 29.8 Å². The third kappa shape index (κ3) is 3.26. The van der Waals surface area contributed by atoms with Crippen molar-refractivity contribution in [1.29, 1.82) is 0 Å². The van der Waals surface area contributed by atoms with E-state index in [9.17, 15) is 14.9 Å². The van der Waals surface area contributed by atoms with Crippen molar-refractivity contribution in [2.45, 2.75) is 0 Å². The fourth-order valence-corrected chi connectivity index (χ4v) is 2.27. The van der Waals surface area contributed by atoms with E-state index in [1.54, 1.807) is 10.9 Å². The number of para-hydroxylation sites is 1. The Morgan fingerprint density at radius 1 is 1.17 bits per heavy atom. The Kier molecular flexibility index (Phi) is 4.26. The number of carbonyl (C=O) groups excluding carboxylic acids is 1. The Hall–Kier alpha value is -3.19. The fourth-order valence-electron chi connectivity index (χ4n) is 2.02. The number of nitrogens with zero attached hydrogens (tertiary/aromatic N) is 3. The molecule has 0 atom stereocenters. The van der Waals surface area contributed by atoms with Crippen LogP contribution in [-0.4, -0.2) is 20.7 Å². The lowest BCUT2D eigenvalue weighted by Crippen LogP contribution is -2.10. The summed E-state index contributed by atoms with van der Waals surface area (Å²) in [5.74, 6) is -0.647. The van der Waals surface area contributed by atoms with E-state index in [4.69, 9.17) is 16.3 Å². The molecule has 1 heterocycles. The van der Waals surface area contributed by atoms with E-state index in [2.05, 4.69) is 5.10 Å². The van der Waals surface area contributed by atoms with Crippen LogP contribution in [-0.2, 0) is 0 Å². The molecule has 0 spiro atoms. The standard InChI is InChI=1S/C16H10ClN3O4/c17-14-10-12(20(22)23)6-7-13(14)16(21)24-15-8-9-19(18-15)11-4-2-1-3-5-11/h1-10H. The quantitative estimate of drug-likeness (QED) is 0.410. The average molecular weight is 344 g/mol. The highest BCUT2D eigenvalue weighted by Crippen LogP contribution is 2.23. The van der Waals surface area contributed by atoms with Gasteiger partial charge in [0.1, 0.15) is 0 Å². The van der Waals surface area contributed by atoms with Gasteiger partial charge in [-0.2, -0.15) is 0 Å². The van der Waals surface area contributed by atoms with E-state index in [0.29, 0.717) is 0 Å². The van der Waals surface area contributed by atoms with Crippen LogP contribution in [0.15, 0.2) is 60.8 Å². The molecule has 120 valence electrons. The topological polar surface area (TPSA) is 87.3 Å². The second-order valence-corrected chi connectivity index (χ2v) is 5.15. The first-order valence-corrected chi connectivity index (χ1v) is 7.19. The zero-order chi connectivity index (χ0) is 17.1. The molecule has 0 aliphatic heterocycles. The summed E-state index contributed by atoms with van der Waals surface area (Å²) in [5.41, 5.74) is 0.634. The number of hydrogen-bond acceptors (Lipinski definition) is 5. The van der Waals surface area contributed by atoms with Gasteiger partial charge < -0.3 is 4.74 Å². The van der Waals surface area contributed by atoms with E-state index < -0.39 is 10.9 Å². The summed E-state index contributed by atoms with van der Waals surface area (Å²) >= 11 is 5.90. The molecule has 0 unspecified atom stereocenters. The number of esters is 1. The SMILES string of the molecule is O=C(Oc1ccn(-c2ccccc2)n1)c1ccc([N+](=O)[O-])cc1Cl. The van der Waals surface area contributed by atoms with Crippen LogP contribution in [0.2, 0.25) is 5.02 Å². The third-order valence-electron chi connectivity index (χ3n) is 3.17. The summed E-state index contributed by atoms with van der Waals surface area (Å²) in [6, 6.07) is 14.4. The van der Waals surface area contributed by atoms with Gasteiger partial charge in [-0.15, -0.1) is 5.10 Å². The molecule has 0 saturated carbocycles. The average Bonchev–Trinajstić information content (AvgIpc) is 3.03. The zero-order valence-electron chi connectivity index (χ0n) is 12.1. The summed E-state index contributed by atoms with van der Waals surface area (Å²) in [7, 11) is 0. The number of aromatic nitrogens is 2. The first kappa shape index (κ1) is 15.7. The highest BCUT2D eigenvalue weighted by atomic mass is 35.5. The molecule has 1 aromatic heterocycles. The predicted molar refractivity (Wildman–Crippen MR) is 86.6 cm³/mol. The number of benzene rings is 2. The molecule has 2 aromatic carbocycles. The summed E-state index contributed by atoms with van der Waals surface area (Å²) in [5, 5.41) is 14.8. The molecule has 3 aromatic rings. The van der Waals surface area contributed by atoms with Crippen LogP contribution in [0, 0.1) is 10.1 Å². The van der Waals surface area contributed by atoms with Crippen LogP contribution in [0.25, 0.3) is 5.69 Å². The van der Waals surface area contributed by atoms with Gasteiger partial charge in [0.05, 0.1) is 21.2 Å². The van der Waals surface area contributed by atoms with Crippen molar-refractivity contribution < 1.29 is 14.5 Å². The van der Waals surface area contributed by atoms with Crippen molar-refractivity contribution in [2.24, 2.45) is 0 Å². The van der Waals surface area contributed by atoms with E-state index in [-0.39, 0.29) is 22.2 Å². The molecule has 0 aliphatic rings. The Bertz CT molecular complexity index is 909. The Balaban J connectivity index is 1.78. The van der Waals surface area contributed by atoms with Gasteiger partial charge in [-0.05, 0) is 18.2 Å². The minimum absolute atomic E-state index is 0.0246. The van der Waals surface area contributed by atoms with Gasteiger partial charge in [-0.3, -0.25) is 10.1 Å². The first-order chi connectivity index (χ1) is 11.5. The number of nitro benzene ring substituents is 1. The van der Waals surface area contributed by atoms with Crippen molar-refractivity contribution in [3.63, 3.8) is 0 Å². The normalized spacial score (nSPS) is 10.4. The lowest BCUT2D eigenvalue weighted by atomic mass is 10.2. The predicted octanol–water partition coefficient (Wildman–Crippen LogP) is 3.65. The second-order valence-electron chi connectivity index (χ2n) is 4.74. The molecular formula is C16H10ClN3O4. The summed E-state index contributed by atoms with van der Waals surface area (Å²) < 4.78 is 6.71. The van der Waals surface area contributed by atoms with Crippen molar-refractivity contribution in [1.82, 2.24) is 9.78 Å². The van der Waals surface area contributed by atoms with Gasteiger partial charge in [0.25, 0.3) is 5.69 Å². The van der Waals surface area contributed by atoms with Crippen molar-refractivity contribution >= 4 is 23.3 Å².